The third-order valence-electron chi connectivity index (χ3n) is 4.78. The molecule has 1 aliphatic rings. The number of benzene rings is 1. The van der Waals surface area contributed by atoms with Crippen LogP contribution in [0.3, 0.4) is 0 Å². The highest BCUT2D eigenvalue weighted by molar-refractivity contribution is 7.99. The van der Waals surface area contributed by atoms with E-state index in [0.29, 0.717) is 10.5 Å². The molecule has 1 amide bonds. The second-order valence-corrected chi connectivity index (χ2v) is 8.30. The maximum atomic E-state index is 12.9. The normalized spacial score (nSPS) is 16.7. The molecule has 134 valence electrons. The van der Waals surface area contributed by atoms with Crippen molar-refractivity contribution in [3.63, 3.8) is 0 Å². The zero-order valence-electron chi connectivity index (χ0n) is 14.6. The van der Waals surface area contributed by atoms with Crippen LogP contribution in [0, 0.1) is 0 Å². The number of carbonyl (C=O) groups is 1. The van der Waals surface area contributed by atoms with Gasteiger partial charge in [0.1, 0.15) is 4.83 Å². The maximum Gasteiger partial charge on any atom is 0.262 e. The number of nitrogens with zero attached hydrogens (tertiary/aromatic N) is 3. The maximum absolute atomic E-state index is 12.9. The van der Waals surface area contributed by atoms with E-state index in [1.807, 2.05) is 28.5 Å². The summed E-state index contributed by atoms with van der Waals surface area (Å²) in [6.07, 6.45) is 1.96. The van der Waals surface area contributed by atoms with Gasteiger partial charge in [-0.3, -0.25) is 14.2 Å². The topological polar surface area (TPSA) is 55.2 Å². The molecule has 1 unspecified atom stereocenters. The Labute approximate surface area is 159 Å². The SMILES string of the molecule is CC1CCc2ccccc2N1C(=O)CSc1nc2sccc2c(=O)n1C. The van der Waals surface area contributed by atoms with Crippen LogP contribution in [-0.2, 0) is 18.3 Å². The van der Waals surface area contributed by atoms with Gasteiger partial charge in [-0.15, -0.1) is 11.3 Å². The van der Waals surface area contributed by atoms with Gasteiger partial charge in [0.05, 0.1) is 11.1 Å². The van der Waals surface area contributed by atoms with Gasteiger partial charge < -0.3 is 4.90 Å². The first-order valence-corrected chi connectivity index (χ1v) is 10.4. The van der Waals surface area contributed by atoms with Crippen molar-refractivity contribution in [2.45, 2.75) is 31.0 Å². The van der Waals surface area contributed by atoms with Crippen LogP contribution in [0.2, 0.25) is 0 Å². The highest BCUT2D eigenvalue weighted by Crippen LogP contribution is 2.31. The molecular weight excluding hydrogens is 366 g/mol. The molecule has 0 N–H and O–H groups in total. The van der Waals surface area contributed by atoms with E-state index < -0.39 is 0 Å². The first kappa shape index (κ1) is 17.3. The van der Waals surface area contributed by atoms with Gasteiger partial charge in [-0.1, -0.05) is 30.0 Å². The van der Waals surface area contributed by atoms with Crippen LogP contribution in [0.4, 0.5) is 5.69 Å². The minimum Gasteiger partial charge on any atom is -0.309 e. The monoisotopic (exact) mass is 385 g/mol. The number of amides is 1. The number of rotatable bonds is 3. The van der Waals surface area contributed by atoms with E-state index in [1.54, 1.807) is 13.1 Å². The van der Waals surface area contributed by atoms with Crippen molar-refractivity contribution in [2.75, 3.05) is 10.7 Å². The Bertz CT molecular complexity index is 1040. The fourth-order valence-corrected chi connectivity index (χ4v) is 5.01. The molecule has 0 bridgehead atoms. The molecule has 0 radical (unpaired) electrons. The predicted molar refractivity (Wildman–Crippen MR) is 107 cm³/mol. The van der Waals surface area contributed by atoms with E-state index >= 15 is 0 Å². The number of carbonyl (C=O) groups excluding carboxylic acids is 1. The summed E-state index contributed by atoms with van der Waals surface area (Å²) in [6.45, 7) is 2.09. The third kappa shape index (κ3) is 2.95. The fourth-order valence-electron chi connectivity index (χ4n) is 3.37. The summed E-state index contributed by atoms with van der Waals surface area (Å²) in [5, 5.41) is 3.08. The van der Waals surface area contributed by atoms with E-state index in [-0.39, 0.29) is 23.3 Å². The molecular formula is C19H19N3O2S2. The zero-order chi connectivity index (χ0) is 18.3. The fraction of sp³-hybridized carbons (Fsp3) is 0.316. The number of fused-ring (bicyclic) bond motifs is 2. The van der Waals surface area contributed by atoms with E-state index in [4.69, 9.17) is 0 Å². The first-order valence-electron chi connectivity index (χ1n) is 8.53. The van der Waals surface area contributed by atoms with Gasteiger partial charge in [0.2, 0.25) is 5.91 Å². The van der Waals surface area contributed by atoms with Crippen LogP contribution >= 0.6 is 23.1 Å². The molecule has 4 rings (SSSR count). The lowest BCUT2D eigenvalue weighted by molar-refractivity contribution is -0.116. The van der Waals surface area contributed by atoms with E-state index in [0.717, 1.165) is 23.4 Å². The molecule has 0 saturated carbocycles. The molecule has 7 heteroatoms. The van der Waals surface area contributed by atoms with Crippen molar-refractivity contribution in [3.8, 4) is 0 Å². The second-order valence-electron chi connectivity index (χ2n) is 6.47. The average Bonchev–Trinajstić information content (AvgIpc) is 3.12. The molecule has 0 saturated heterocycles. The van der Waals surface area contributed by atoms with Gasteiger partial charge in [0.15, 0.2) is 5.16 Å². The van der Waals surface area contributed by atoms with Crippen LogP contribution in [0.5, 0.6) is 0 Å². The van der Waals surface area contributed by atoms with Crippen LogP contribution in [0.1, 0.15) is 18.9 Å². The number of para-hydroxylation sites is 1. The Balaban J connectivity index is 1.58. The molecule has 1 atom stereocenters. The molecule has 5 nitrogen and oxygen atoms in total. The number of hydrogen-bond acceptors (Lipinski definition) is 5. The molecule has 0 spiro atoms. The van der Waals surface area contributed by atoms with Gasteiger partial charge in [-0.2, -0.15) is 0 Å². The van der Waals surface area contributed by atoms with Gasteiger partial charge in [0.25, 0.3) is 5.56 Å². The predicted octanol–water partition coefficient (Wildman–Crippen LogP) is 3.46. The number of anilines is 1. The Morgan fingerprint density at radius 2 is 2.15 bits per heavy atom. The molecule has 2 aromatic heterocycles. The molecule has 26 heavy (non-hydrogen) atoms. The smallest absolute Gasteiger partial charge is 0.262 e. The zero-order valence-corrected chi connectivity index (χ0v) is 16.3. The van der Waals surface area contributed by atoms with Crippen molar-refractivity contribution in [1.82, 2.24) is 9.55 Å². The lowest BCUT2D eigenvalue weighted by Gasteiger charge is -2.35. The van der Waals surface area contributed by atoms with E-state index in [9.17, 15) is 9.59 Å². The number of thiophene rings is 1. The van der Waals surface area contributed by atoms with Crippen molar-refractivity contribution in [3.05, 3.63) is 51.6 Å². The second kappa shape index (κ2) is 6.89. The Kier molecular flexibility index (Phi) is 4.58. The summed E-state index contributed by atoms with van der Waals surface area (Å²) in [7, 11) is 1.71. The van der Waals surface area contributed by atoms with Crippen molar-refractivity contribution in [2.24, 2.45) is 7.05 Å². The molecule has 1 aliphatic heterocycles. The average molecular weight is 386 g/mol. The summed E-state index contributed by atoms with van der Waals surface area (Å²) in [5.74, 6) is 0.311. The van der Waals surface area contributed by atoms with Crippen molar-refractivity contribution in [1.29, 1.82) is 0 Å². The summed E-state index contributed by atoms with van der Waals surface area (Å²) in [5.41, 5.74) is 2.16. The van der Waals surface area contributed by atoms with Crippen LogP contribution in [0.15, 0.2) is 45.7 Å². The lowest BCUT2D eigenvalue weighted by atomic mass is 9.97. The van der Waals surface area contributed by atoms with Gasteiger partial charge in [-0.25, -0.2) is 4.98 Å². The molecule has 3 heterocycles. The van der Waals surface area contributed by atoms with Crippen LogP contribution in [0.25, 0.3) is 10.2 Å². The molecule has 0 fully saturated rings. The summed E-state index contributed by atoms with van der Waals surface area (Å²) in [6, 6.07) is 10.1. The van der Waals surface area contributed by atoms with Gasteiger partial charge in [-0.05, 0) is 42.8 Å². The lowest BCUT2D eigenvalue weighted by Crippen LogP contribution is -2.43. The Morgan fingerprint density at radius 3 is 3.00 bits per heavy atom. The van der Waals surface area contributed by atoms with Gasteiger partial charge in [0, 0.05) is 18.8 Å². The van der Waals surface area contributed by atoms with E-state index in [2.05, 4.69) is 18.0 Å². The first-order chi connectivity index (χ1) is 12.6. The Morgan fingerprint density at radius 1 is 1.35 bits per heavy atom. The summed E-state index contributed by atoms with van der Waals surface area (Å²) in [4.78, 5) is 32.5. The number of aromatic nitrogens is 2. The molecule has 3 aromatic rings. The standard InChI is InChI=1S/C19H19N3O2S2/c1-12-7-8-13-5-3-4-6-15(13)22(12)16(23)11-26-19-20-17-14(9-10-25-17)18(24)21(19)2/h3-6,9-10,12H,7-8,11H2,1-2H3. The van der Waals surface area contributed by atoms with Gasteiger partial charge >= 0.3 is 0 Å². The third-order valence-corrected chi connectivity index (χ3v) is 6.60. The highest BCUT2D eigenvalue weighted by atomic mass is 32.2. The van der Waals surface area contributed by atoms with E-state index in [1.165, 1.54) is 33.2 Å². The Hall–Kier alpha value is -2.12. The quantitative estimate of drug-likeness (QED) is 0.512. The number of thioether (sulfide) groups is 1. The molecule has 0 aliphatic carbocycles. The largest absolute Gasteiger partial charge is 0.309 e. The van der Waals surface area contributed by atoms with Crippen molar-refractivity contribution >= 4 is 44.9 Å². The number of hydrogen-bond donors (Lipinski definition) is 0. The minimum absolute atomic E-state index is 0.0511. The van der Waals surface area contributed by atoms with Crippen LogP contribution < -0.4 is 10.5 Å². The minimum atomic E-state index is -0.0668. The molecule has 1 aromatic carbocycles. The number of aryl methyl sites for hydroxylation is 1. The van der Waals surface area contributed by atoms with Crippen LogP contribution in [-0.4, -0.2) is 27.3 Å². The highest BCUT2D eigenvalue weighted by Gasteiger charge is 2.28. The summed E-state index contributed by atoms with van der Waals surface area (Å²) >= 11 is 2.77. The summed E-state index contributed by atoms with van der Waals surface area (Å²) < 4.78 is 1.53. The van der Waals surface area contributed by atoms with Crippen molar-refractivity contribution < 1.29 is 4.79 Å².